The summed E-state index contributed by atoms with van der Waals surface area (Å²) < 4.78 is 6.01. The van der Waals surface area contributed by atoms with Crippen LogP contribution in [0.1, 0.15) is 52.4 Å². The van der Waals surface area contributed by atoms with Gasteiger partial charge in [0.2, 0.25) is 0 Å². The number of rotatable bonds is 4. The van der Waals surface area contributed by atoms with E-state index in [2.05, 4.69) is 19.2 Å². The van der Waals surface area contributed by atoms with Crippen LogP contribution >= 0.6 is 0 Å². The molecular weight excluding hydrogens is 210 g/mol. The van der Waals surface area contributed by atoms with E-state index in [9.17, 15) is 0 Å². The van der Waals surface area contributed by atoms with Crippen molar-refractivity contribution in [3.8, 4) is 0 Å². The molecule has 1 heterocycles. The summed E-state index contributed by atoms with van der Waals surface area (Å²) in [6.07, 6.45) is 8.95. The van der Waals surface area contributed by atoms with Crippen molar-refractivity contribution in [1.82, 2.24) is 5.32 Å². The average Bonchev–Trinajstić information content (AvgIpc) is 2.93. The molecule has 3 rings (SSSR count). The lowest BCUT2D eigenvalue weighted by atomic mass is 9.89. The van der Waals surface area contributed by atoms with E-state index in [1.54, 1.807) is 0 Å². The van der Waals surface area contributed by atoms with Crippen molar-refractivity contribution in [3.05, 3.63) is 0 Å². The quantitative estimate of drug-likeness (QED) is 0.811. The predicted octanol–water partition coefficient (Wildman–Crippen LogP) is 2.97. The van der Waals surface area contributed by atoms with Crippen LogP contribution < -0.4 is 5.32 Å². The largest absolute Gasteiger partial charge is 0.371 e. The molecule has 3 fully saturated rings. The van der Waals surface area contributed by atoms with Gasteiger partial charge in [0.15, 0.2) is 0 Å². The first kappa shape index (κ1) is 12.0. The minimum Gasteiger partial charge on any atom is -0.371 e. The van der Waals surface area contributed by atoms with Crippen molar-refractivity contribution in [1.29, 1.82) is 0 Å². The molecule has 2 aliphatic carbocycles. The molecule has 0 aromatic carbocycles. The van der Waals surface area contributed by atoms with Gasteiger partial charge >= 0.3 is 0 Å². The maximum Gasteiger partial charge on any atom is 0.0707 e. The van der Waals surface area contributed by atoms with Crippen LogP contribution in [0.2, 0.25) is 0 Å². The second-order valence-electron chi connectivity index (χ2n) is 7.13. The lowest BCUT2D eigenvalue weighted by Crippen LogP contribution is -2.33. The van der Waals surface area contributed by atoms with Crippen LogP contribution in [-0.2, 0) is 4.74 Å². The number of ether oxygens (including phenoxy) is 1. The van der Waals surface area contributed by atoms with Crippen molar-refractivity contribution < 1.29 is 4.74 Å². The van der Waals surface area contributed by atoms with E-state index in [0.29, 0.717) is 6.10 Å². The Hall–Kier alpha value is -0.0800. The zero-order valence-electron chi connectivity index (χ0n) is 11.4. The summed E-state index contributed by atoms with van der Waals surface area (Å²) in [6, 6.07) is 0. The van der Waals surface area contributed by atoms with Gasteiger partial charge in [-0.25, -0.2) is 0 Å². The van der Waals surface area contributed by atoms with E-state index in [1.807, 2.05) is 0 Å². The molecule has 0 aromatic rings. The highest BCUT2D eigenvalue weighted by atomic mass is 16.5. The van der Waals surface area contributed by atoms with Crippen molar-refractivity contribution >= 4 is 0 Å². The molecule has 2 bridgehead atoms. The van der Waals surface area contributed by atoms with Crippen LogP contribution in [0, 0.1) is 17.8 Å². The van der Waals surface area contributed by atoms with Gasteiger partial charge in [0, 0.05) is 6.54 Å². The van der Waals surface area contributed by atoms with E-state index >= 15 is 0 Å². The van der Waals surface area contributed by atoms with Gasteiger partial charge in [0.05, 0.1) is 11.7 Å². The maximum absolute atomic E-state index is 6.01. The van der Waals surface area contributed by atoms with Crippen LogP contribution in [-0.4, -0.2) is 24.8 Å². The Kier molecular flexibility index (Phi) is 3.20. The monoisotopic (exact) mass is 237 g/mol. The van der Waals surface area contributed by atoms with Crippen LogP contribution in [0.15, 0.2) is 0 Å². The van der Waals surface area contributed by atoms with Gasteiger partial charge in [0.25, 0.3) is 0 Å². The molecule has 98 valence electrons. The van der Waals surface area contributed by atoms with Crippen LogP contribution in [0.3, 0.4) is 0 Å². The highest BCUT2D eigenvalue weighted by Gasteiger charge is 2.39. The third-order valence-electron chi connectivity index (χ3n) is 5.22. The predicted molar refractivity (Wildman–Crippen MR) is 70.0 cm³/mol. The number of nitrogens with one attached hydrogen (secondary N) is 1. The molecule has 0 amide bonds. The lowest BCUT2D eigenvalue weighted by Gasteiger charge is -2.23. The first-order chi connectivity index (χ1) is 8.12. The van der Waals surface area contributed by atoms with Gasteiger partial charge in [0.1, 0.15) is 0 Å². The van der Waals surface area contributed by atoms with E-state index in [4.69, 9.17) is 4.74 Å². The molecule has 2 saturated carbocycles. The Morgan fingerprint density at radius 2 is 2.00 bits per heavy atom. The average molecular weight is 237 g/mol. The molecule has 1 N–H and O–H groups in total. The zero-order chi connectivity index (χ0) is 11.9. The summed E-state index contributed by atoms with van der Waals surface area (Å²) >= 11 is 0. The second-order valence-corrected chi connectivity index (χ2v) is 7.13. The zero-order valence-corrected chi connectivity index (χ0v) is 11.4. The molecular formula is C15H27NO. The minimum absolute atomic E-state index is 0.124. The summed E-state index contributed by atoms with van der Waals surface area (Å²) in [5, 5.41) is 3.67. The molecule has 0 aromatic heterocycles. The number of hydrogen-bond donors (Lipinski definition) is 1. The summed E-state index contributed by atoms with van der Waals surface area (Å²) in [5.41, 5.74) is 0.124. The third-order valence-corrected chi connectivity index (χ3v) is 5.22. The third kappa shape index (κ3) is 2.68. The Balaban J connectivity index is 1.36. The standard InChI is InChI=1S/C15H27NO/c1-15(2)6-5-14(17-15)10-16-9-13-8-11-3-4-12(13)7-11/h11-14,16H,3-10H2,1-2H3. The second kappa shape index (κ2) is 4.55. The van der Waals surface area contributed by atoms with Gasteiger partial charge in [-0.05, 0) is 70.3 Å². The molecule has 4 atom stereocenters. The van der Waals surface area contributed by atoms with Gasteiger partial charge in [-0.3, -0.25) is 0 Å². The molecule has 2 heteroatoms. The topological polar surface area (TPSA) is 21.3 Å². The van der Waals surface area contributed by atoms with Crippen molar-refractivity contribution in [2.75, 3.05) is 13.1 Å². The number of hydrogen-bond acceptors (Lipinski definition) is 2. The van der Waals surface area contributed by atoms with Gasteiger partial charge < -0.3 is 10.1 Å². The highest BCUT2D eigenvalue weighted by Crippen LogP contribution is 2.47. The summed E-state index contributed by atoms with van der Waals surface area (Å²) in [4.78, 5) is 0. The lowest BCUT2D eigenvalue weighted by molar-refractivity contribution is -0.0146. The highest BCUT2D eigenvalue weighted by molar-refractivity contribution is 4.91. The Morgan fingerprint density at radius 3 is 2.59 bits per heavy atom. The fourth-order valence-electron chi connectivity index (χ4n) is 4.28. The van der Waals surface area contributed by atoms with Gasteiger partial charge in [-0.15, -0.1) is 0 Å². The van der Waals surface area contributed by atoms with Crippen LogP contribution in [0.4, 0.5) is 0 Å². The van der Waals surface area contributed by atoms with Gasteiger partial charge in [-0.1, -0.05) is 6.42 Å². The maximum atomic E-state index is 6.01. The molecule has 3 aliphatic rings. The molecule has 0 spiro atoms. The van der Waals surface area contributed by atoms with Crippen LogP contribution in [0.5, 0.6) is 0 Å². The van der Waals surface area contributed by atoms with Crippen LogP contribution in [0.25, 0.3) is 0 Å². The summed E-state index contributed by atoms with van der Waals surface area (Å²) in [5.74, 6) is 3.10. The first-order valence-corrected chi connectivity index (χ1v) is 7.51. The Bertz CT molecular complexity index is 276. The molecule has 17 heavy (non-hydrogen) atoms. The van der Waals surface area contributed by atoms with Gasteiger partial charge in [-0.2, -0.15) is 0 Å². The normalized spacial score (nSPS) is 43.4. The molecule has 0 radical (unpaired) electrons. The summed E-state index contributed by atoms with van der Waals surface area (Å²) in [7, 11) is 0. The SMILES string of the molecule is CC1(C)CCC(CNCC2CC3CCC2C3)O1. The van der Waals surface area contributed by atoms with E-state index in [1.165, 1.54) is 45.1 Å². The molecule has 1 saturated heterocycles. The van der Waals surface area contributed by atoms with Crippen molar-refractivity contribution in [2.45, 2.75) is 64.1 Å². The minimum atomic E-state index is 0.124. The summed E-state index contributed by atoms with van der Waals surface area (Å²) in [6.45, 7) is 6.73. The molecule has 4 unspecified atom stereocenters. The fraction of sp³-hybridized carbons (Fsp3) is 1.00. The van der Waals surface area contributed by atoms with Crippen molar-refractivity contribution in [2.24, 2.45) is 17.8 Å². The smallest absolute Gasteiger partial charge is 0.0707 e. The molecule has 1 aliphatic heterocycles. The first-order valence-electron chi connectivity index (χ1n) is 7.51. The van der Waals surface area contributed by atoms with E-state index in [-0.39, 0.29) is 5.60 Å². The Labute approximate surface area is 105 Å². The van der Waals surface area contributed by atoms with E-state index < -0.39 is 0 Å². The number of fused-ring (bicyclic) bond motifs is 2. The van der Waals surface area contributed by atoms with E-state index in [0.717, 1.165) is 24.3 Å². The van der Waals surface area contributed by atoms with Crippen molar-refractivity contribution in [3.63, 3.8) is 0 Å². The molecule has 2 nitrogen and oxygen atoms in total. The fourth-order valence-corrected chi connectivity index (χ4v) is 4.28. The Morgan fingerprint density at radius 1 is 1.12 bits per heavy atom.